The van der Waals surface area contributed by atoms with Gasteiger partial charge in [0.15, 0.2) is 0 Å². The van der Waals surface area contributed by atoms with Gasteiger partial charge in [0, 0.05) is 37.4 Å². The first kappa shape index (κ1) is 22.8. The molecule has 1 amide bonds. The van der Waals surface area contributed by atoms with Gasteiger partial charge in [-0.15, -0.1) is 0 Å². The first-order chi connectivity index (χ1) is 16.0. The number of piperazine rings is 1. The number of para-hydroxylation sites is 1. The van der Waals surface area contributed by atoms with Gasteiger partial charge >= 0.3 is 0 Å². The molecule has 0 aromatic heterocycles. The van der Waals surface area contributed by atoms with Crippen LogP contribution in [0.5, 0.6) is 5.75 Å². The van der Waals surface area contributed by atoms with Gasteiger partial charge in [-0.05, 0) is 49.4 Å². The molecule has 1 aliphatic heterocycles. The van der Waals surface area contributed by atoms with Crippen molar-refractivity contribution in [2.45, 2.75) is 11.8 Å². The van der Waals surface area contributed by atoms with E-state index in [1.807, 2.05) is 43.3 Å². The summed E-state index contributed by atoms with van der Waals surface area (Å²) in [7, 11) is -3.72. The number of nitrogens with one attached hydrogen (secondary N) is 1. The Morgan fingerprint density at radius 2 is 1.55 bits per heavy atom. The fourth-order valence-electron chi connectivity index (χ4n) is 3.81. The number of carbonyl (C=O) groups excluding carboxylic acids is 1. The molecule has 3 aromatic carbocycles. The summed E-state index contributed by atoms with van der Waals surface area (Å²) in [5, 5.41) is 2.80. The van der Waals surface area contributed by atoms with Crippen molar-refractivity contribution >= 4 is 27.3 Å². The number of ether oxygens (including phenoxy) is 1. The van der Waals surface area contributed by atoms with Gasteiger partial charge in [0.1, 0.15) is 5.75 Å². The van der Waals surface area contributed by atoms with E-state index in [9.17, 15) is 13.2 Å². The van der Waals surface area contributed by atoms with Crippen LogP contribution in [0.15, 0.2) is 83.8 Å². The summed E-state index contributed by atoms with van der Waals surface area (Å²) in [4.78, 5) is 15.0. The van der Waals surface area contributed by atoms with Crippen LogP contribution in [-0.4, -0.2) is 51.4 Å². The monoisotopic (exact) mass is 465 g/mol. The highest BCUT2D eigenvalue weighted by molar-refractivity contribution is 7.89. The third kappa shape index (κ3) is 5.18. The van der Waals surface area contributed by atoms with Crippen LogP contribution >= 0.6 is 0 Å². The van der Waals surface area contributed by atoms with E-state index in [2.05, 4.69) is 10.2 Å². The number of hydrogen-bond donors (Lipinski definition) is 1. The third-order valence-corrected chi connectivity index (χ3v) is 7.43. The quantitative estimate of drug-likeness (QED) is 0.574. The largest absolute Gasteiger partial charge is 0.492 e. The molecule has 0 bridgehead atoms. The molecule has 0 unspecified atom stereocenters. The van der Waals surface area contributed by atoms with Crippen molar-refractivity contribution in [3.05, 3.63) is 84.4 Å². The van der Waals surface area contributed by atoms with E-state index < -0.39 is 10.0 Å². The Balaban J connectivity index is 1.54. The molecule has 33 heavy (non-hydrogen) atoms. The summed E-state index contributed by atoms with van der Waals surface area (Å²) >= 11 is 0. The van der Waals surface area contributed by atoms with Crippen LogP contribution in [0.1, 0.15) is 17.3 Å². The van der Waals surface area contributed by atoms with Crippen molar-refractivity contribution in [1.29, 1.82) is 0 Å². The van der Waals surface area contributed by atoms with E-state index in [0.717, 1.165) is 5.69 Å². The molecule has 3 aromatic rings. The number of anilines is 2. The summed E-state index contributed by atoms with van der Waals surface area (Å²) < 4.78 is 33.8. The minimum Gasteiger partial charge on any atom is -0.492 e. The lowest BCUT2D eigenvalue weighted by molar-refractivity contribution is 0.102. The highest BCUT2D eigenvalue weighted by Gasteiger charge is 2.29. The number of hydrogen-bond acceptors (Lipinski definition) is 5. The van der Waals surface area contributed by atoms with Gasteiger partial charge in [-0.3, -0.25) is 4.79 Å². The molecule has 1 heterocycles. The van der Waals surface area contributed by atoms with Gasteiger partial charge in [-0.1, -0.05) is 36.4 Å². The van der Waals surface area contributed by atoms with Crippen LogP contribution in [0.2, 0.25) is 0 Å². The predicted molar refractivity (Wildman–Crippen MR) is 129 cm³/mol. The molecule has 0 radical (unpaired) electrons. The Morgan fingerprint density at radius 3 is 2.18 bits per heavy atom. The van der Waals surface area contributed by atoms with Crippen LogP contribution in [0, 0.1) is 0 Å². The van der Waals surface area contributed by atoms with Crippen molar-refractivity contribution in [2.75, 3.05) is 43.0 Å². The summed E-state index contributed by atoms with van der Waals surface area (Å²) in [5.41, 5.74) is 1.89. The normalized spacial score (nSPS) is 14.6. The van der Waals surface area contributed by atoms with Crippen molar-refractivity contribution in [3.63, 3.8) is 0 Å². The average Bonchev–Trinajstić information content (AvgIpc) is 2.86. The standard InChI is InChI=1S/C25H27N3O4S/c1-2-32-24-14-13-22(19-23(24)26-25(29)20-9-5-3-6-10-20)33(30,31)28-17-15-27(16-18-28)21-11-7-4-8-12-21/h3-14,19H,2,15-18H2,1H3,(H,26,29). The van der Waals surface area contributed by atoms with E-state index in [0.29, 0.717) is 49.8 Å². The van der Waals surface area contributed by atoms with Crippen molar-refractivity contribution in [3.8, 4) is 5.75 Å². The highest BCUT2D eigenvalue weighted by Crippen LogP contribution is 2.30. The molecular weight excluding hydrogens is 438 g/mol. The zero-order valence-electron chi connectivity index (χ0n) is 18.5. The van der Waals surface area contributed by atoms with Crippen LogP contribution in [0.4, 0.5) is 11.4 Å². The topological polar surface area (TPSA) is 79.0 Å². The second kappa shape index (κ2) is 10.1. The van der Waals surface area contributed by atoms with Crippen molar-refractivity contribution in [2.24, 2.45) is 0 Å². The minimum atomic E-state index is -3.72. The molecule has 0 saturated carbocycles. The van der Waals surface area contributed by atoms with Gasteiger partial charge in [-0.25, -0.2) is 8.42 Å². The van der Waals surface area contributed by atoms with Gasteiger partial charge < -0.3 is 15.0 Å². The summed E-state index contributed by atoms with van der Waals surface area (Å²) in [6.45, 7) is 4.21. The lowest BCUT2D eigenvalue weighted by Crippen LogP contribution is -2.48. The van der Waals surface area contributed by atoms with E-state index in [1.54, 1.807) is 30.3 Å². The fraction of sp³-hybridized carbons (Fsp3) is 0.240. The van der Waals surface area contributed by atoms with E-state index in [4.69, 9.17) is 4.74 Å². The second-order valence-electron chi connectivity index (χ2n) is 7.64. The second-order valence-corrected chi connectivity index (χ2v) is 9.58. The smallest absolute Gasteiger partial charge is 0.255 e. The molecule has 1 N–H and O–H groups in total. The molecule has 1 fully saturated rings. The summed E-state index contributed by atoms with van der Waals surface area (Å²) in [6, 6.07) is 23.3. The summed E-state index contributed by atoms with van der Waals surface area (Å²) in [5.74, 6) is 0.0946. The Labute approximate surface area is 194 Å². The molecule has 0 atom stereocenters. The SMILES string of the molecule is CCOc1ccc(S(=O)(=O)N2CCN(c3ccccc3)CC2)cc1NC(=O)c1ccccc1. The Kier molecular flexibility index (Phi) is 6.96. The Morgan fingerprint density at radius 1 is 0.909 bits per heavy atom. The molecule has 0 aliphatic carbocycles. The van der Waals surface area contributed by atoms with Gasteiger partial charge in [0.25, 0.3) is 5.91 Å². The van der Waals surface area contributed by atoms with Crippen LogP contribution in [0.3, 0.4) is 0 Å². The number of benzene rings is 3. The highest BCUT2D eigenvalue weighted by atomic mass is 32.2. The molecule has 4 rings (SSSR count). The maximum Gasteiger partial charge on any atom is 0.255 e. The maximum absolute atomic E-state index is 13.4. The molecule has 1 aliphatic rings. The Hall–Kier alpha value is -3.36. The third-order valence-electron chi connectivity index (χ3n) is 5.53. The number of nitrogens with zero attached hydrogens (tertiary/aromatic N) is 2. The van der Waals surface area contributed by atoms with Crippen molar-refractivity contribution in [1.82, 2.24) is 4.31 Å². The van der Waals surface area contributed by atoms with E-state index >= 15 is 0 Å². The molecule has 0 spiro atoms. The van der Waals surface area contributed by atoms with Crippen LogP contribution in [-0.2, 0) is 10.0 Å². The molecule has 7 nitrogen and oxygen atoms in total. The number of sulfonamides is 1. The molecule has 172 valence electrons. The lowest BCUT2D eigenvalue weighted by atomic mass is 10.2. The zero-order valence-corrected chi connectivity index (χ0v) is 19.3. The molecule has 8 heteroatoms. The fourth-order valence-corrected chi connectivity index (χ4v) is 5.26. The van der Waals surface area contributed by atoms with E-state index in [1.165, 1.54) is 16.4 Å². The Bertz CT molecular complexity index is 1190. The first-order valence-electron chi connectivity index (χ1n) is 10.9. The molecule has 1 saturated heterocycles. The number of amides is 1. The first-order valence-corrected chi connectivity index (χ1v) is 12.4. The molecular formula is C25H27N3O4S. The van der Waals surface area contributed by atoms with E-state index in [-0.39, 0.29) is 10.8 Å². The summed E-state index contributed by atoms with van der Waals surface area (Å²) in [6.07, 6.45) is 0. The lowest BCUT2D eigenvalue weighted by Gasteiger charge is -2.35. The zero-order chi connectivity index (χ0) is 23.3. The number of carbonyl (C=O) groups is 1. The average molecular weight is 466 g/mol. The van der Waals surface area contributed by atoms with Crippen LogP contribution < -0.4 is 15.0 Å². The van der Waals surface area contributed by atoms with Gasteiger partial charge in [0.2, 0.25) is 10.0 Å². The van der Waals surface area contributed by atoms with Gasteiger partial charge in [-0.2, -0.15) is 4.31 Å². The minimum absolute atomic E-state index is 0.127. The number of rotatable bonds is 7. The predicted octanol–water partition coefficient (Wildman–Crippen LogP) is 3.85. The van der Waals surface area contributed by atoms with Gasteiger partial charge in [0.05, 0.1) is 17.2 Å². The van der Waals surface area contributed by atoms with Crippen LogP contribution in [0.25, 0.3) is 0 Å². The van der Waals surface area contributed by atoms with Crippen molar-refractivity contribution < 1.29 is 17.9 Å². The maximum atomic E-state index is 13.4.